The molecule has 1 aliphatic carbocycles. The lowest BCUT2D eigenvalue weighted by Gasteiger charge is -2.35. The Morgan fingerprint density at radius 3 is 2.33 bits per heavy atom. The van der Waals surface area contributed by atoms with Crippen molar-refractivity contribution in [3.05, 3.63) is 67.5 Å². The van der Waals surface area contributed by atoms with Crippen molar-refractivity contribution in [3.8, 4) is 5.75 Å². The number of thiophene rings is 2. The maximum atomic E-state index is 13.2. The largest absolute Gasteiger partial charge is 0.496 e. The maximum Gasteiger partial charge on any atom is 0.349 e. The molecule has 0 spiro atoms. The first-order chi connectivity index (χ1) is 19.3. The fourth-order valence-corrected chi connectivity index (χ4v) is 6.97. The van der Waals surface area contributed by atoms with Crippen molar-refractivity contribution < 1.29 is 29.3 Å². The molecule has 0 unspecified atom stereocenters. The topological polar surface area (TPSA) is 108 Å². The van der Waals surface area contributed by atoms with Crippen LogP contribution in [-0.2, 0) is 26.5 Å². The zero-order valence-corrected chi connectivity index (χ0v) is 25.0. The molecule has 1 saturated carbocycles. The molecule has 1 aromatic carbocycles. The molecule has 2 heterocycles. The van der Waals surface area contributed by atoms with E-state index in [1.54, 1.807) is 24.3 Å². The highest BCUT2D eigenvalue weighted by molar-refractivity contribution is 7.12. The number of aliphatic hydroxyl groups excluding tert-OH is 1. The van der Waals surface area contributed by atoms with Gasteiger partial charge in [-0.3, -0.25) is 4.79 Å². The van der Waals surface area contributed by atoms with Crippen molar-refractivity contribution >= 4 is 51.8 Å². The number of amides is 1. The van der Waals surface area contributed by atoms with Gasteiger partial charge in [0, 0.05) is 24.1 Å². The number of ether oxygens (including phenoxy) is 2. The Morgan fingerprint density at radius 2 is 1.77 bits per heavy atom. The highest BCUT2D eigenvalue weighted by Crippen LogP contribution is 2.38. The van der Waals surface area contributed by atoms with Crippen LogP contribution in [0, 0.1) is 0 Å². The number of nitrogens with one attached hydrogen (secondary N) is 1. The molecule has 1 fully saturated rings. The van der Waals surface area contributed by atoms with Crippen LogP contribution in [0.25, 0.3) is 0 Å². The minimum atomic E-state index is -1.78. The van der Waals surface area contributed by atoms with Gasteiger partial charge in [-0.05, 0) is 74.7 Å². The lowest BCUT2D eigenvalue weighted by Crippen LogP contribution is -2.42. The average molecular weight is 607 g/mol. The van der Waals surface area contributed by atoms with Crippen LogP contribution < -0.4 is 10.1 Å². The molecule has 0 bridgehead atoms. The Kier molecular flexibility index (Phi) is 10.6. The first-order valence-corrected chi connectivity index (χ1v) is 15.4. The normalized spacial score (nSPS) is 17.6. The smallest absolute Gasteiger partial charge is 0.349 e. The number of halogens is 1. The molecule has 1 amide bonds. The van der Waals surface area contributed by atoms with Crippen LogP contribution in [0.15, 0.2) is 47.2 Å². The fourth-order valence-electron chi connectivity index (χ4n) is 5.02. The van der Waals surface area contributed by atoms with Crippen molar-refractivity contribution in [1.82, 2.24) is 4.90 Å². The number of rotatable bonds is 12. The van der Waals surface area contributed by atoms with Gasteiger partial charge in [0.15, 0.2) is 0 Å². The summed E-state index contributed by atoms with van der Waals surface area (Å²) in [7, 11) is 3.55. The van der Waals surface area contributed by atoms with Gasteiger partial charge >= 0.3 is 5.97 Å². The molecule has 1 aliphatic rings. The number of nitrogens with zero attached hydrogens (tertiary/aromatic N) is 1. The number of benzene rings is 1. The molecule has 4 rings (SSSR count). The van der Waals surface area contributed by atoms with Crippen LogP contribution in [0.1, 0.15) is 53.8 Å². The van der Waals surface area contributed by atoms with Crippen LogP contribution in [0.5, 0.6) is 5.75 Å². The molecule has 11 heteroatoms. The van der Waals surface area contributed by atoms with Gasteiger partial charge in [-0.25, -0.2) is 4.79 Å². The lowest BCUT2D eigenvalue weighted by atomic mass is 9.91. The van der Waals surface area contributed by atoms with E-state index in [0.29, 0.717) is 50.7 Å². The van der Waals surface area contributed by atoms with Crippen molar-refractivity contribution in [2.24, 2.45) is 0 Å². The Balaban J connectivity index is 1.22. The third kappa shape index (κ3) is 7.05. The second kappa shape index (κ2) is 13.9. The van der Waals surface area contributed by atoms with Crippen LogP contribution in [-0.4, -0.2) is 59.8 Å². The van der Waals surface area contributed by atoms with E-state index in [0.717, 1.165) is 32.2 Å². The Labute approximate surface area is 247 Å². The standard InChI is InChI=1S/C29H35ClN2O6S2/c1-32(13-3-8-27(34)31-23-17-24(37-2)19(18-33)16-22(23)30)20-9-11-21(12-10-20)38-28(35)29(36,25-6-4-14-39-25)26-7-5-15-40-26/h4-7,14-17,20-21,33,36H,3,8-13,18H2,1-2H3,(H,31,34). The SMILES string of the molecule is COc1cc(NC(=O)CCCN(C)C2CCC(OC(=O)C(O)(c3cccs3)c3cccs3)CC2)c(Cl)cc1CO. The zero-order chi connectivity index (χ0) is 28.7. The van der Waals surface area contributed by atoms with Crippen molar-refractivity contribution in [1.29, 1.82) is 0 Å². The van der Waals surface area contributed by atoms with Gasteiger partial charge in [0.25, 0.3) is 0 Å². The molecule has 3 aromatic rings. The predicted octanol–water partition coefficient (Wildman–Crippen LogP) is 5.40. The van der Waals surface area contributed by atoms with Crippen molar-refractivity contribution in [3.63, 3.8) is 0 Å². The summed E-state index contributed by atoms with van der Waals surface area (Å²) in [5.41, 5.74) is -0.781. The number of hydrogen-bond acceptors (Lipinski definition) is 9. The first kappa shape index (κ1) is 30.5. The van der Waals surface area contributed by atoms with Crippen LogP contribution in [0.4, 0.5) is 5.69 Å². The summed E-state index contributed by atoms with van der Waals surface area (Å²) in [4.78, 5) is 29.1. The first-order valence-electron chi connectivity index (χ1n) is 13.2. The summed E-state index contributed by atoms with van der Waals surface area (Å²) in [5, 5.41) is 27.7. The quantitative estimate of drug-likeness (QED) is 0.237. The summed E-state index contributed by atoms with van der Waals surface area (Å²) < 4.78 is 11.1. The van der Waals surface area contributed by atoms with Crippen molar-refractivity contribution in [2.75, 3.05) is 26.0 Å². The fraction of sp³-hybridized carbons (Fsp3) is 0.448. The summed E-state index contributed by atoms with van der Waals surface area (Å²) in [6.45, 7) is 0.542. The maximum absolute atomic E-state index is 13.2. The molecule has 3 N–H and O–H groups in total. The van der Waals surface area contributed by atoms with E-state index >= 15 is 0 Å². The van der Waals surface area contributed by atoms with Gasteiger partial charge in [-0.1, -0.05) is 23.7 Å². The van der Waals surface area contributed by atoms with E-state index in [1.807, 2.05) is 22.9 Å². The van der Waals surface area contributed by atoms with Crippen LogP contribution in [0.2, 0.25) is 5.02 Å². The molecular weight excluding hydrogens is 572 g/mol. The molecule has 0 atom stereocenters. The minimum Gasteiger partial charge on any atom is -0.496 e. The lowest BCUT2D eigenvalue weighted by molar-refractivity contribution is -0.169. The van der Waals surface area contributed by atoms with E-state index in [-0.39, 0.29) is 18.6 Å². The minimum absolute atomic E-state index is 0.145. The summed E-state index contributed by atoms with van der Waals surface area (Å²) in [6.07, 6.45) is 3.94. The van der Waals surface area contributed by atoms with Gasteiger partial charge in [-0.15, -0.1) is 22.7 Å². The summed E-state index contributed by atoms with van der Waals surface area (Å²) >= 11 is 8.92. The van der Waals surface area contributed by atoms with Gasteiger partial charge in [0.2, 0.25) is 11.5 Å². The number of esters is 1. The molecule has 40 heavy (non-hydrogen) atoms. The summed E-state index contributed by atoms with van der Waals surface area (Å²) in [5.74, 6) is -0.302. The van der Waals surface area contributed by atoms with Gasteiger partial charge < -0.3 is 29.9 Å². The van der Waals surface area contributed by atoms with Crippen LogP contribution in [0.3, 0.4) is 0 Å². The second-order valence-electron chi connectivity index (χ2n) is 9.94. The number of anilines is 1. The Morgan fingerprint density at radius 1 is 1.12 bits per heavy atom. The molecule has 8 nitrogen and oxygen atoms in total. The highest BCUT2D eigenvalue weighted by atomic mass is 35.5. The molecule has 216 valence electrons. The van der Waals surface area contributed by atoms with E-state index in [1.165, 1.54) is 29.8 Å². The molecule has 0 saturated heterocycles. The van der Waals surface area contributed by atoms with E-state index in [9.17, 15) is 19.8 Å². The third-order valence-corrected chi connectivity index (χ3v) is 9.59. The number of methoxy groups -OCH3 is 1. The number of carbonyl (C=O) groups excluding carboxylic acids is 2. The highest BCUT2D eigenvalue weighted by Gasteiger charge is 2.45. The number of aliphatic hydroxyl groups is 2. The average Bonchev–Trinajstić information content (AvgIpc) is 3.69. The second-order valence-corrected chi connectivity index (χ2v) is 12.2. The predicted molar refractivity (Wildman–Crippen MR) is 158 cm³/mol. The van der Waals surface area contributed by atoms with Crippen LogP contribution >= 0.6 is 34.3 Å². The van der Waals surface area contributed by atoms with E-state index < -0.39 is 11.6 Å². The van der Waals surface area contributed by atoms with E-state index in [2.05, 4.69) is 17.3 Å². The molecular formula is C29H35ClN2O6S2. The van der Waals surface area contributed by atoms with Gasteiger partial charge in [0.05, 0.1) is 34.2 Å². The van der Waals surface area contributed by atoms with Gasteiger partial charge in [0.1, 0.15) is 11.9 Å². The van der Waals surface area contributed by atoms with Crippen molar-refractivity contribution in [2.45, 2.75) is 62.9 Å². The Hall–Kier alpha value is -2.47. The monoisotopic (exact) mass is 606 g/mol. The number of carbonyl (C=O) groups is 2. The molecule has 0 aliphatic heterocycles. The zero-order valence-electron chi connectivity index (χ0n) is 22.6. The summed E-state index contributed by atoms with van der Waals surface area (Å²) in [6, 6.07) is 10.7. The van der Waals surface area contributed by atoms with E-state index in [4.69, 9.17) is 21.1 Å². The molecule has 2 aromatic heterocycles. The molecule has 0 radical (unpaired) electrons. The Bertz CT molecular complexity index is 1230. The van der Waals surface area contributed by atoms with Gasteiger partial charge in [-0.2, -0.15) is 0 Å². The third-order valence-electron chi connectivity index (χ3n) is 7.32. The number of hydrogen-bond donors (Lipinski definition) is 3.